The van der Waals surface area contributed by atoms with Crippen LogP contribution in [0.3, 0.4) is 0 Å². The van der Waals surface area contributed by atoms with Gasteiger partial charge in [-0.2, -0.15) is 4.98 Å². The molecule has 0 saturated carbocycles. The minimum atomic E-state index is -0.269. The van der Waals surface area contributed by atoms with Crippen LogP contribution in [-0.2, 0) is 0 Å². The zero-order valence-electron chi connectivity index (χ0n) is 9.04. The molecule has 3 N–H and O–H groups in total. The molecule has 2 aromatic rings. The topological polar surface area (TPSA) is 63.8 Å². The summed E-state index contributed by atoms with van der Waals surface area (Å²) in [6, 6.07) is 4.48. The summed E-state index contributed by atoms with van der Waals surface area (Å²) >= 11 is 3.31. The van der Waals surface area contributed by atoms with E-state index in [2.05, 4.69) is 31.2 Å². The van der Waals surface area contributed by atoms with Crippen LogP contribution in [0.1, 0.15) is 5.56 Å². The molecule has 0 amide bonds. The van der Waals surface area contributed by atoms with E-state index in [9.17, 15) is 4.39 Å². The fourth-order valence-electron chi connectivity index (χ4n) is 1.36. The number of aromatic nitrogens is 2. The minimum Gasteiger partial charge on any atom is -0.368 e. The van der Waals surface area contributed by atoms with Crippen molar-refractivity contribution in [3.63, 3.8) is 0 Å². The summed E-state index contributed by atoms with van der Waals surface area (Å²) in [5, 5.41) is 3.06. The van der Waals surface area contributed by atoms with E-state index in [4.69, 9.17) is 5.73 Å². The van der Waals surface area contributed by atoms with Crippen molar-refractivity contribution in [3.8, 4) is 0 Å². The van der Waals surface area contributed by atoms with Gasteiger partial charge in [-0.05, 0) is 46.6 Å². The van der Waals surface area contributed by atoms with E-state index < -0.39 is 0 Å². The predicted octanol–water partition coefficient (Wildman–Crippen LogP) is 3.01. The van der Waals surface area contributed by atoms with Gasteiger partial charge in [-0.25, -0.2) is 9.37 Å². The number of nitrogens with one attached hydrogen (secondary N) is 1. The normalized spacial score (nSPS) is 10.3. The third kappa shape index (κ3) is 2.71. The number of anilines is 3. The van der Waals surface area contributed by atoms with Crippen LogP contribution in [-0.4, -0.2) is 9.97 Å². The van der Waals surface area contributed by atoms with Crippen LogP contribution in [0.2, 0.25) is 0 Å². The number of nitrogen functional groups attached to an aromatic ring is 1. The first-order valence-electron chi connectivity index (χ1n) is 4.87. The molecule has 4 nitrogen and oxygen atoms in total. The van der Waals surface area contributed by atoms with Crippen LogP contribution in [0.25, 0.3) is 0 Å². The van der Waals surface area contributed by atoms with Gasteiger partial charge in [0.25, 0.3) is 0 Å². The standard InChI is InChI=1S/C11H10BrFN4/c1-6-4-7(13)2-3-9(6)16-10-8(12)5-15-11(14)17-10/h2-5H,1H3,(H3,14,15,16,17). The Morgan fingerprint density at radius 2 is 2.18 bits per heavy atom. The lowest BCUT2D eigenvalue weighted by Gasteiger charge is -2.10. The molecule has 1 heterocycles. The molecule has 0 aliphatic heterocycles. The monoisotopic (exact) mass is 296 g/mol. The molecule has 88 valence electrons. The number of rotatable bonds is 2. The van der Waals surface area contributed by atoms with Gasteiger partial charge in [-0.3, -0.25) is 0 Å². The highest BCUT2D eigenvalue weighted by Crippen LogP contribution is 2.25. The second-order valence-corrected chi connectivity index (χ2v) is 4.36. The molecule has 0 unspecified atom stereocenters. The second-order valence-electron chi connectivity index (χ2n) is 3.51. The molecule has 1 aromatic heterocycles. The minimum absolute atomic E-state index is 0.176. The Kier molecular flexibility index (Phi) is 3.23. The molecular formula is C11H10BrFN4. The summed E-state index contributed by atoms with van der Waals surface area (Å²) < 4.78 is 13.6. The van der Waals surface area contributed by atoms with Crippen LogP contribution in [0.4, 0.5) is 21.8 Å². The van der Waals surface area contributed by atoms with E-state index in [-0.39, 0.29) is 11.8 Å². The maximum absolute atomic E-state index is 12.9. The molecule has 1 aromatic carbocycles. The van der Waals surface area contributed by atoms with Crippen molar-refractivity contribution >= 4 is 33.4 Å². The smallest absolute Gasteiger partial charge is 0.222 e. The lowest BCUT2D eigenvalue weighted by Crippen LogP contribution is -2.01. The first-order valence-corrected chi connectivity index (χ1v) is 5.67. The highest BCUT2D eigenvalue weighted by atomic mass is 79.9. The van der Waals surface area contributed by atoms with Crippen molar-refractivity contribution in [2.45, 2.75) is 6.92 Å². The Balaban J connectivity index is 2.34. The molecule has 0 spiro atoms. The zero-order chi connectivity index (χ0) is 12.4. The van der Waals surface area contributed by atoms with Gasteiger partial charge >= 0.3 is 0 Å². The van der Waals surface area contributed by atoms with Gasteiger partial charge in [0.1, 0.15) is 11.6 Å². The van der Waals surface area contributed by atoms with E-state index in [1.807, 2.05) is 6.92 Å². The molecule has 2 rings (SSSR count). The fraction of sp³-hybridized carbons (Fsp3) is 0.0909. The summed E-state index contributed by atoms with van der Waals surface area (Å²) in [5.74, 6) is 0.456. The third-order valence-corrected chi connectivity index (χ3v) is 2.78. The quantitative estimate of drug-likeness (QED) is 0.894. The average molecular weight is 297 g/mol. The summed E-state index contributed by atoms with van der Waals surface area (Å²) in [4.78, 5) is 7.88. The van der Waals surface area contributed by atoms with Crippen molar-refractivity contribution in [3.05, 3.63) is 40.2 Å². The van der Waals surface area contributed by atoms with E-state index >= 15 is 0 Å². The SMILES string of the molecule is Cc1cc(F)ccc1Nc1nc(N)ncc1Br. The number of nitrogens with zero attached hydrogens (tertiary/aromatic N) is 2. The Morgan fingerprint density at radius 3 is 2.88 bits per heavy atom. The Hall–Kier alpha value is -1.69. The van der Waals surface area contributed by atoms with E-state index in [1.165, 1.54) is 12.1 Å². The Bertz CT molecular complexity index is 559. The summed E-state index contributed by atoms with van der Waals surface area (Å²) in [6.07, 6.45) is 1.56. The largest absolute Gasteiger partial charge is 0.368 e. The highest BCUT2D eigenvalue weighted by Gasteiger charge is 2.06. The van der Waals surface area contributed by atoms with Crippen LogP contribution in [0.15, 0.2) is 28.9 Å². The summed E-state index contributed by atoms with van der Waals surface area (Å²) in [5.41, 5.74) is 7.06. The first-order chi connectivity index (χ1) is 8.06. The second kappa shape index (κ2) is 4.67. The van der Waals surface area contributed by atoms with Gasteiger partial charge < -0.3 is 11.1 Å². The molecule has 0 fully saturated rings. The van der Waals surface area contributed by atoms with Crippen molar-refractivity contribution in [1.82, 2.24) is 9.97 Å². The number of hydrogen-bond donors (Lipinski definition) is 2. The predicted molar refractivity (Wildman–Crippen MR) is 68.6 cm³/mol. The zero-order valence-corrected chi connectivity index (χ0v) is 10.6. The molecule has 0 aliphatic rings. The first kappa shape index (κ1) is 11.8. The third-order valence-electron chi connectivity index (χ3n) is 2.20. The lowest BCUT2D eigenvalue weighted by atomic mass is 10.2. The molecule has 0 radical (unpaired) electrons. The average Bonchev–Trinajstić information content (AvgIpc) is 2.27. The van der Waals surface area contributed by atoms with Gasteiger partial charge in [0.2, 0.25) is 5.95 Å². The number of nitrogens with two attached hydrogens (primary N) is 1. The van der Waals surface area contributed by atoms with E-state index in [0.717, 1.165) is 11.3 Å². The molecule has 0 atom stereocenters. The highest BCUT2D eigenvalue weighted by molar-refractivity contribution is 9.10. The molecule has 0 bridgehead atoms. The summed E-state index contributed by atoms with van der Waals surface area (Å²) in [7, 11) is 0. The lowest BCUT2D eigenvalue weighted by molar-refractivity contribution is 0.627. The maximum atomic E-state index is 12.9. The van der Waals surface area contributed by atoms with Crippen molar-refractivity contribution in [2.24, 2.45) is 0 Å². The Labute approximate surface area is 106 Å². The van der Waals surface area contributed by atoms with Crippen LogP contribution >= 0.6 is 15.9 Å². The van der Waals surface area contributed by atoms with Crippen LogP contribution in [0.5, 0.6) is 0 Å². The molecule has 17 heavy (non-hydrogen) atoms. The fourth-order valence-corrected chi connectivity index (χ4v) is 1.65. The maximum Gasteiger partial charge on any atom is 0.222 e. The molecular weight excluding hydrogens is 287 g/mol. The van der Waals surface area contributed by atoms with Gasteiger partial charge in [-0.15, -0.1) is 0 Å². The van der Waals surface area contributed by atoms with Gasteiger partial charge in [0.05, 0.1) is 4.47 Å². The van der Waals surface area contributed by atoms with Crippen molar-refractivity contribution in [1.29, 1.82) is 0 Å². The van der Waals surface area contributed by atoms with Gasteiger partial charge in [0.15, 0.2) is 0 Å². The number of benzene rings is 1. The molecule has 0 saturated heterocycles. The Morgan fingerprint density at radius 1 is 1.41 bits per heavy atom. The van der Waals surface area contributed by atoms with Gasteiger partial charge in [0, 0.05) is 11.9 Å². The number of aryl methyl sites for hydroxylation is 1. The van der Waals surface area contributed by atoms with Crippen molar-refractivity contribution < 1.29 is 4.39 Å². The van der Waals surface area contributed by atoms with Crippen LogP contribution in [0, 0.1) is 12.7 Å². The number of hydrogen-bond acceptors (Lipinski definition) is 4. The van der Waals surface area contributed by atoms with Gasteiger partial charge in [-0.1, -0.05) is 0 Å². The summed E-state index contributed by atoms with van der Waals surface area (Å²) in [6.45, 7) is 1.81. The van der Waals surface area contributed by atoms with Crippen molar-refractivity contribution in [2.75, 3.05) is 11.1 Å². The van der Waals surface area contributed by atoms with E-state index in [1.54, 1.807) is 12.3 Å². The van der Waals surface area contributed by atoms with Crippen LogP contribution < -0.4 is 11.1 Å². The molecule has 0 aliphatic carbocycles. The van der Waals surface area contributed by atoms with E-state index in [0.29, 0.717) is 10.3 Å². The molecule has 6 heteroatoms. The number of halogens is 2.